The predicted octanol–water partition coefficient (Wildman–Crippen LogP) is 2.57. The number of hydrogen-bond donors (Lipinski definition) is 0. The Labute approximate surface area is 133 Å². The maximum Gasteiger partial charge on any atom is 0.270 e. The number of rotatable bonds is 3. The third-order valence-electron chi connectivity index (χ3n) is 3.57. The molecule has 0 aromatic heterocycles. The normalized spacial score (nSPS) is 17.3. The summed E-state index contributed by atoms with van der Waals surface area (Å²) in [6.45, 7) is 1.94. The van der Waals surface area contributed by atoms with Crippen molar-refractivity contribution in [2.75, 3.05) is 10.9 Å². The lowest BCUT2D eigenvalue weighted by Crippen LogP contribution is -2.44. The summed E-state index contributed by atoms with van der Waals surface area (Å²) in [7, 11) is -3.93. The summed E-state index contributed by atoms with van der Waals surface area (Å²) < 4.78 is 32.8. The smallest absolute Gasteiger partial charge is 0.270 e. The van der Waals surface area contributed by atoms with Crippen LogP contribution in [0, 0.1) is 10.1 Å². The van der Waals surface area contributed by atoms with Gasteiger partial charge in [-0.15, -0.1) is 0 Å². The molecule has 23 heavy (non-hydrogen) atoms. The van der Waals surface area contributed by atoms with Crippen molar-refractivity contribution in [3.05, 3.63) is 58.6 Å². The lowest BCUT2D eigenvalue weighted by Gasteiger charge is -2.35. The minimum absolute atomic E-state index is 0.116. The molecule has 1 heterocycles. The maximum atomic E-state index is 13.0. The minimum Gasteiger partial charge on any atom is -0.489 e. The number of nitro groups is 1. The molecule has 120 valence electrons. The Hall–Kier alpha value is -2.61. The third-order valence-corrected chi connectivity index (χ3v) is 5.49. The Morgan fingerprint density at radius 1 is 1.22 bits per heavy atom. The van der Waals surface area contributed by atoms with Gasteiger partial charge in [-0.1, -0.05) is 18.2 Å². The van der Waals surface area contributed by atoms with Gasteiger partial charge in [-0.25, -0.2) is 8.42 Å². The van der Waals surface area contributed by atoms with Gasteiger partial charge in [0.25, 0.3) is 15.7 Å². The van der Waals surface area contributed by atoms with Crippen LogP contribution >= 0.6 is 0 Å². The zero-order valence-corrected chi connectivity index (χ0v) is 13.1. The number of nitrogens with zero attached hydrogens (tertiary/aromatic N) is 2. The van der Waals surface area contributed by atoms with Crippen LogP contribution in [0.2, 0.25) is 0 Å². The molecule has 1 unspecified atom stereocenters. The predicted molar refractivity (Wildman–Crippen MR) is 84.2 cm³/mol. The monoisotopic (exact) mass is 334 g/mol. The molecule has 1 aliphatic rings. The molecule has 0 bridgehead atoms. The van der Waals surface area contributed by atoms with Crippen molar-refractivity contribution in [3.63, 3.8) is 0 Å². The summed E-state index contributed by atoms with van der Waals surface area (Å²) in [5.41, 5.74) is 0.165. The molecule has 2 aromatic carbocycles. The Balaban J connectivity index is 2.13. The number of fused-ring (bicyclic) bond motifs is 1. The van der Waals surface area contributed by atoms with E-state index >= 15 is 0 Å². The average molecular weight is 334 g/mol. The first kappa shape index (κ1) is 15.3. The molecule has 0 amide bonds. The molecule has 1 atom stereocenters. The number of para-hydroxylation sites is 2. The summed E-state index contributed by atoms with van der Waals surface area (Å²) in [6.07, 6.45) is 0. The maximum absolute atomic E-state index is 13.0. The minimum atomic E-state index is -3.93. The zero-order chi connectivity index (χ0) is 16.6. The van der Waals surface area contributed by atoms with Gasteiger partial charge in [0, 0.05) is 12.1 Å². The quantitative estimate of drug-likeness (QED) is 0.635. The molecular formula is C15H14N2O5S. The van der Waals surface area contributed by atoms with Crippen molar-refractivity contribution < 1.29 is 18.1 Å². The van der Waals surface area contributed by atoms with E-state index in [1.165, 1.54) is 22.5 Å². The second-order valence-electron chi connectivity index (χ2n) is 5.18. The van der Waals surface area contributed by atoms with Gasteiger partial charge >= 0.3 is 0 Å². The van der Waals surface area contributed by atoms with Gasteiger partial charge in [0.15, 0.2) is 0 Å². The fourth-order valence-electron chi connectivity index (χ4n) is 2.51. The van der Waals surface area contributed by atoms with Gasteiger partial charge in [-0.05, 0) is 25.1 Å². The van der Waals surface area contributed by atoms with Gasteiger partial charge in [-0.3, -0.25) is 14.4 Å². The first-order valence-electron chi connectivity index (χ1n) is 6.92. The van der Waals surface area contributed by atoms with E-state index in [4.69, 9.17) is 4.74 Å². The van der Waals surface area contributed by atoms with Crippen molar-refractivity contribution in [2.45, 2.75) is 17.9 Å². The molecule has 0 N–H and O–H groups in total. The molecule has 2 aromatic rings. The van der Waals surface area contributed by atoms with E-state index in [9.17, 15) is 18.5 Å². The van der Waals surface area contributed by atoms with Crippen LogP contribution < -0.4 is 9.04 Å². The molecular weight excluding hydrogens is 320 g/mol. The van der Waals surface area contributed by atoms with Gasteiger partial charge in [-0.2, -0.15) is 0 Å². The lowest BCUT2D eigenvalue weighted by molar-refractivity contribution is -0.385. The molecule has 0 saturated heterocycles. The highest BCUT2D eigenvalue weighted by Crippen LogP contribution is 2.37. The highest BCUT2D eigenvalue weighted by atomic mass is 32.2. The second kappa shape index (κ2) is 5.54. The van der Waals surface area contributed by atoms with Crippen molar-refractivity contribution in [3.8, 4) is 5.75 Å². The molecule has 8 heteroatoms. The molecule has 1 aliphatic heterocycles. The highest BCUT2D eigenvalue weighted by molar-refractivity contribution is 7.92. The summed E-state index contributed by atoms with van der Waals surface area (Å²) in [4.78, 5) is 10.2. The van der Waals surface area contributed by atoms with Crippen LogP contribution in [-0.4, -0.2) is 26.0 Å². The number of nitro benzene ring substituents is 1. The summed E-state index contributed by atoms with van der Waals surface area (Å²) in [5, 5.41) is 10.9. The Morgan fingerprint density at radius 2 is 1.96 bits per heavy atom. The van der Waals surface area contributed by atoms with Crippen LogP contribution in [-0.2, 0) is 10.0 Å². The Morgan fingerprint density at radius 3 is 2.70 bits per heavy atom. The number of anilines is 1. The summed E-state index contributed by atoms with van der Waals surface area (Å²) in [5.74, 6) is 0.472. The van der Waals surface area contributed by atoms with Gasteiger partial charge in [0.1, 0.15) is 12.4 Å². The van der Waals surface area contributed by atoms with Crippen molar-refractivity contribution in [2.24, 2.45) is 0 Å². The fraction of sp³-hybridized carbons (Fsp3) is 0.200. The van der Waals surface area contributed by atoms with E-state index in [0.29, 0.717) is 11.4 Å². The number of sulfonamides is 1. The van der Waals surface area contributed by atoms with E-state index < -0.39 is 21.0 Å². The number of non-ortho nitro benzene ring substituents is 1. The molecule has 0 spiro atoms. The van der Waals surface area contributed by atoms with Crippen LogP contribution in [0.1, 0.15) is 6.92 Å². The van der Waals surface area contributed by atoms with E-state index in [1.54, 1.807) is 31.2 Å². The standard InChI is InChI=1S/C15H14N2O5S/c1-11-10-22-15-8-3-2-7-14(15)16(11)23(20,21)13-6-4-5-12(9-13)17(18)19/h2-9,11H,10H2,1H3. The van der Waals surface area contributed by atoms with Crippen LogP contribution in [0.4, 0.5) is 11.4 Å². The summed E-state index contributed by atoms with van der Waals surface area (Å²) in [6, 6.07) is 11.4. The molecule has 3 rings (SSSR count). The lowest BCUT2D eigenvalue weighted by atomic mass is 10.2. The SMILES string of the molecule is CC1COc2ccccc2N1S(=O)(=O)c1cccc([N+](=O)[O-])c1. The first-order valence-corrected chi connectivity index (χ1v) is 8.36. The van der Waals surface area contributed by atoms with Crippen LogP contribution in [0.15, 0.2) is 53.4 Å². The second-order valence-corrected chi connectivity index (χ2v) is 7.00. The average Bonchev–Trinajstić information content (AvgIpc) is 2.54. The van der Waals surface area contributed by atoms with Gasteiger partial charge < -0.3 is 4.74 Å². The highest BCUT2D eigenvalue weighted by Gasteiger charge is 2.35. The number of ether oxygens (including phenoxy) is 1. The first-order chi connectivity index (χ1) is 10.9. The Bertz CT molecular complexity index is 866. The van der Waals surface area contributed by atoms with Crippen molar-refractivity contribution in [1.29, 1.82) is 0 Å². The van der Waals surface area contributed by atoms with Crippen LogP contribution in [0.5, 0.6) is 5.75 Å². The molecule has 0 fully saturated rings. The fourth-order valence-corrected chi connectivity index (χ4v) is 4.21. The number of hydrogen-bond acceptors (Lipinski definition) is 5. The van der Waals surface area contributed by atoms with E-state index in [2.05, 4.69) is 0 Å². The van der Waals surface area contributed by atoms with Gasteiger partial charge in [0.05, 0.1) is 21.5 Å². The van der Waals surface area contributed by atoms with E-state index in [1.807, 2.05) is 0 Å². The summed E-state index contributed by atoms with van der Waals surface area (Å²) >= 11 is 0. The molecule has 0 radical (unpaired) electrons. The molecule has 7 nitrogen and oxygen atoms in total. The Kier molecular flexibility index (Phi) is 3.69. The van der Waals surface area contributed by atoms with Crippen molar-refractivity contribution in [1.82, 2.24) is 0 Å². The van der Waals surface area contributed by atoms with Crippen molar-refractivity contribution >= 4 is 21.4 Å². The van der Waals surface area contributed by atoms with E-state index in [0.717, 1.165) is 6.07 Å². The van der Waals surface area contributed by atoms with E-state index in [-0.39, 0.29) is 17.2 Å². The van der Waals surface area contributed by atoms with Crippen LogP contribution in [0.25, 0.3) is 0 Å². The number of benzene rings is 2. The van der Waals surface area contributed by atoms with Crippen LogP contribution in [0.3, 0.4) is 0 Å². The zero-order valence-electron chi connectivity index (χ0n) is 12.2. The largest absolute Gasteiger partial charge is 0.489 e. The third kappa shape index (κ3) is 2.61. The molecule has 0 aliphatic carbocycles. The van der Waals surface area contributed by atoms with Gasteiger partial charge in [0.2, 0.25) is 0 Å². The molecule has 0 saturated carbocycles. The topological polar surface area (TPSA) is 89.8 Å².